The molecular formula is C12H16N2O4. The Morgan fingerprint density at radius 1 is 1.67 bits per heavy atom. The maximum absolute atomic E-state index is 11.4. The molecule has 1 atom stereocenters. The van der Waals surface area contributed by atoms with Crippen LogP contribution in [0.4, 0.5) is 5.69 Å². The lowest BCUT2D eigenvalue weighted by atomic mass is 10.2. The second-order valence-electron chi connectivity index (χ2n) is 4.01. The number of ether oxygens (including phenoxy) is 3. The van der Waals surface area contributed by atoms with Crippen molar-refractivity contribution in [2.45, 2.75) is 18.9 Å². The van der Waals surface area contributed by atoms with Crippen molar-refractivity contribution in [3.63, 3.8) is 0 Å². The van der Waals surface area contributed by atoms with Crippen molar-refractivity contribution in [3.05, 3.63) is 17.8 Å². The van der Waals surface area contributed by atoms with Crippen LogP contribution in [0.25, 0.3) is 0 Å². The zero-order valence-electron chi connectivity index (χ0n) is 10.2. The Labute approximate surface area is 105 Å². The summed E-state index contributed by atoms with van der Waals surface area (Å²) in [5, 5.41) is 0. The Bertz CT molecular complexity index is 430. The average Bonchev–Trinajstić information content (AvgIpc) is 2.90. The number of nitrogen functional groups attached to an aromatic ring is 1. The number of hydrogen-bond donors (Lipinski definition) is 1. The Kier molecular flexibility index (Phi) is 3.99. The van der Waals surface area contributed by atoms with Gasteiger partial charge < -0.3 is 19.9 Å². The molecule has 0 spiro atoms. The van der Waals surface area contributed by atoms with Crippen LogP contribution in [0.5, 0.6) is 5.88 Å². The van der Waals surface area contributed by atoms with Gasteiger partial charge in [-0.3, -0.25) is 0 Å². The third kappa shape index (κ3) is 2.70. The molecule has 6 nitrogen and oxygen atoms in total. The molecule has 0 aromatic carbocycles. The fraction of sp³-hybridized carbons (Fsp3) is 0.500. The third-order valence-corrected chi connectivity index (χ3v) is 2.79. The molecule has 2 rings (SSSR count). The molecule has 2 N–H and O–H groups in total. The van der Waals surface area contributed by atoms with Crippen molar-refractivity contribution in [1.29, 1.82) is 0 Å². The minimum Gasteiger partial charge on any atom is -0.473 e. The van der Waals surface area contributed by atoms with Crippen molar-refractivity contribution < 1.29 is 19.0 Å². The lowest BCUT2D eigenvalue weighted by Crippen LogP contribution is -2.18. The molecule has 1 saturated heterocycles. The van der Waals surface area contributed by atoms with Gasteiger partial charge in [-0.05, 0) is 18.9 Å². The number of hydrogen-bond acceptors (Lipinski definition) is 6. The molecule has 1 aliphatic rings. The minimum absolute atomic E-state index is 0.0768. The van der Waals surface area contributed by atoms with Crippen LogP contribution >= 0.6 is 0 Å². The molecule has 1 aromatic heterocycles. The summed E-state index contributed by atoms with van der Waals surface area (Å²) < 4.78 is 15.5. The second-order valence-corrected chi connectivity index (χ2v) is 4.01. The molecule has 1 aliphatic heterocycles. The first kappa shape index (κ1) is 12.6. The summed E-state index contributed by atoms with van der Waals surface area (Å²) in [7, 11) is 1.30. The van der Waals surface area contributed by atoms with Crippen LogP contribution in [0.15, 0.2) is 12.3 Å². The normalized spacial score (nSPS) is 18.6. The predicted molar refractivity (Wildman–Crippen MR) is 64.5 cm³/mol. The van der Waals surface area contributed by atoms with Crippen molar-refractivity contribution in [1.82, 2.24) is 4.98 Å². The number of rotatable bonds is 4. The van der Waals surface area contributed by atoms with Gasteiger partial charge in [0.1, 0.15) is 12.3 Å². The van der Waals surface area contributed by atoms with Gasteiger partial charge in [-0.15, -0.1) is 0 Å². The number of nitrogens with two attached hydrogens (primary N) is 1. The van der Waals surface area contributed by atoms with E-state index in [-0.39, 0.29) is 23.2 Å². The molecule has 0 saturated carbocycles. The van der Waals surface area contributed by atoms with Crippen LogP contribution in [0.1, 0.15) is 23.2 Å². The Morgan fingerprint density at radius 2 is 2.50 bits per heavy atom. The van der Waals surface area contributed by atoms with E-state index in [1.807, 2.05) is 0 Å². The van der Waals surface area contributed by atoms with Crippen LogP contribution < -0.4 is 10.5 Å². The van der Waals surface area contributed by atoms with Crippen molar-refractivity contribution in [3.8, 4) is 5.88 Å². The van der Waals surface area contributed by atoms with Crippen molar-refractivity contribution in [2.75, 3.05) is 26.1 Å². The van der Waals surface area contributed by atoms with Crippen molar-refractivity contribution in [2.24, 2.45) is 0 Å². The monoisotopic (exact) mass is 252 g/mol. The predicted octanol–water partition coefficient (Wildman–Crippen LogP) is 1.01. The number of nitrogens with zero attached hydrogens (tertiary/aromatic N) is 1. The van der Waals surface area contributed by atoms with Crippen LogP contribution in [0.3, 0.4) is 0 Å². The summed E-state index contributed by atoms with van der Waals surface area (Å²) in [4.78, 5) is 15.4. The van der Waals surface area contributed by atoms with Gasteiger partial charge in [0.05, 0.1) is 18.8 Å². The van der Waals surface area contributed by atoms with Gasteiger partial charge in [0.25, 0.3) is 0 Å². The highest BCUT2D eigenvalue weighted by molar-refractivity contribution is 5.95. The molecule has 18 heavy (non-hydrogen) atoms. The molecule has 0 aliphatic carbocycles. The van der Waals surface area contributed by atoms with E-state index < -0.39 is 5.97 Å². The standard InChI is InChI=1S/C12H16N2O4/c1-16-12(15)9-4-5-14-11(10(9)13)18-7-8-3-2-6-17-8/h4-5,8H,2-3,6-7,13H2,1H3. The summed E-state index contributed by atoms with van der Waals surface area (Å²) in [5.41, 5.74) is 6.27. The maximum atomic E-state index is 11.4. The Hall–Kier alpha value is -1.82. The SMILES string of the molecule is COC(=O)c1ccnc(OCC2CCCO2)c1N. The molecule has 1 fully saturated rings. The topological polar surface area (TPSA) is 83.7 Å². The minimum atomic E-state index is -0.503. The number of esters is 1. The first-order valence-corrected chi connectivity index (χ1v) is 5.79. The van der Waals surface area contributed by atoms with E-state index in [1.54, 1.807) is 0 Å². The smallest absolute Gasteiger partial charge is 0.340 e. The highest BCUT2D eigenvalue weighted by Gasteiger charge is 2.19. The first-order chi connectivity index (χ1) is 8.72. The molecule has 1 unspecified atom stereocenters. The van der Waals surface area contributed by atoms with Gasteiger partial charge >= 0.3 is 5.97 Å². The number of methoxy groups -OCH3 is 1. The largest absolute Gasteiger partial charge is 0.473 e. The highest BCUT2D eigenvalue weighted by atomic mass is 16.5. The number of carbonyl (C=O) groups is 1. The van der Waals surface area contributed by atoms with E-state index in [4.69, 9.17) is 15.2 Å². The molecule has 0 radical (unpaired) electrons. The Morgan fingerprint density at radius 3 is 3.17 bits per heavy atom. The lowest BCUT2D eigenvalue weighted by molar-refractivity contribution is 0.0598. The molecule has 1 aromatic rings. The molecule has 0 amide bonds. The molecule has 0 bridgehead atoms. The molecular weight excluding hydrogens is 236 g/mol. The van der Waals surface area contributed by atoms with Crippen LogP contribution in [0.2, 0.25) is 0 Å². The fourth-order valence-corrected chi connectivity index (χ4v) is 1.80. The molecule has 6 heteroatoms. The van der Waals surface area contributed by atoms with Gasteiger partial charge in [0.2, 0.25) is 5.88 Å². The summed E-state index contributed by atoms with van der Waals surface area (Å²) >= 11 is 0. The summed E-state index contributed by atoms with van der Waals surface area (Å²) in [6, 6.07) is 1.50. The zero-order valence-corrected chi connectivity index (χ0v) is 10.2. The second kappa shape index (κ2) is 5.68. The quantitative estimate of drug-likeness (QED) is 0.805. The summed E-state index contributed by atoms with van der Waals surface area (Å²) in [5.74, 6) is -0.259. The maximum Gasteiger partial charge on any atom is 0.340 e. The van der Waals surface area contributed by atoms with E-state index in [1.165, 1.54) is 19.4 Å². The molecule has 98 valence electrons. The molecule has 2 heterocycles. The third-order valence-electron chi connectivity index (χ3n) is 2.79. The average molecular weight is 252 g/mol. The van der Waals surface area contributed by atoms with Crippen LogP contribution in [-0.4, -0.2) is 37.4 Å². The van der Waals surface area contributed by atoms with E-state index >= 15 is 0 Å². The summed E-state index contributed by atoms with van der Waals surface area (Å²) in [6.45, 7) is 1.15. The van der Waals surface area contributed by atoms with Gasteiger partial charge in [0.15, 0.2) is 0 Å². The number of aromatic nitrogens is 1. The van der Waals surface area contributed by atoms with Gasteiger partial charge in [-0.2, -0.15) is 0 Å². The van der Waals surface area contributed by atoms with E-state index in [0.29, 0.717) is 6.61 Å². The lowest BCUT2D eigenvalue weighted by Gasteiger charge is -2.13. The van der Waals surface area contributed by atoms with E-state index in [0.717, 1.165) is 19.4 Å². The fourth-order valence-electron chi connectivity index (χ4n) is 1.80. The first-order valence-electron chi connectivity index (χ1n) is 5.79. The van der Waals surface area contributed by atoms with Gasteiger partial charge in [0, 0.05) is 12.8 Å². The van der Waals surface area contributed by atoms with Gasteiger partial charge in [-0.25, -0.2) is 9.78 Å². The number of anilines is 1. The zero-order chi connectivity index (χ0) is 13.0. The van der Waals surface area contributed by atoms with Gasteiger partial charge in [-0.1, -0.05) is 0 Å². The van der Waals surface area contributed by atoms with Crippen LogP contribution in [0, 0.1) is 0 Å². The summed E-state index contributed by atoms with van der Waals surface area (Å²) in [6.07, 6.45) is 3.55. The Balaban J connectivity index is 2.05. The highest BCUT2D eigenvalue weighted by Crippen LogP contribution is 2.24. The van der Waals surface area contributed by atoms with E-state index in [2.05, 4.69) is 9.72 Å². The van der Waals surface area contributed by atoms with Crippen molar-refractivity contribution >= 4 is 11.7 Å². The van der Waals surface area contributed by atoms with E-state index in [9.17, 15) is 4.79 Å². The number of pyridine rings is 1. The number of carbonyl (C=O) groups excluding carboxylic acids is 1. The van der Waals surface area contributed by atoms with Crippen LogP contribution in [-0.2, 0) is 9.47 Å².